The maximum absolute atomic E-state index is 12.9. The zero-order valence-corrected chi connectivity index (χ0v) is 12.3. The quantitative estimate of drug-likeness (QED) is 0.891. The first-order valence-corrected chi connectivity index (χ1v) is 7.01. The molecule has 118 valence electrons. The molecule has 2 rings (SSSR count). The summed E-state index contributed by atoms with van der Waals surface area (Å²) in [5, 5.41) is 9.71. The molecule has 2 atom stereocenters. The molecule has 0 fully saturated rings. The largest absolute Gasteiger partial charge is 0.417 e. The van der Waals surface area contributed by atoms with Gasteiger partial charge in [0.05, 0.1) is 22.7 Å². The average molecular weight is 330 g/mol. The van der Waals surface area contributed by atoms with Crippen molar-refractivity contribution in [2.24, 2.45) is 5.73 Å². The van der Waals surface area contributed by atoms with Crippen LogP contribution in [0.1, 0.15) is 22.7 Å². The summed E-state index contributed by atoms with van der Waals surface area (Å²) in [6.45, 7) is 0. The normalized spacial score (nSPS) is 14.6. The molecule has 2 aromatic carbocycles. The third-order valence-corrected chi connectivity index (χ3v) is 3.82. The third-order valence-electron chi connectivity index (χ3n) is 3.40. The van der Waals surface area contributed by atoms with E-state index in [-0.39, 0.29) is 12.0 Å². The molecule has 0 saturated carbocycles. The molecule has 0 aliphatic rings. The van der Waals surface area contributed by atoms with Crippen LogP contribution in [0.5, 0.6) is 0 Å². The number of hydrogen-bond donors (Lipinski definition) is 2. The zero-order valence-electron chi connectivity index (χ0n) is 11.5. The Kier molecular flexibility index (Phi) is 5.11. The van der Waals surface area contributed by atoms with Gasteiger partial charge in [-0.3, -0.25) is 0 Å². The number of benzene rings is 2. The Morgan fingerprint density at radius 2 is 1.68 bits per heavy atom. The topological polar surface area (TPSA) is 46.2 Å². The lowest BCUT2D eigenvalue weighted by atomic mass is 9.95. The number of aliphatic hydroxyl groups excluding tert-OH is 1. The lowest BCUT2D eigenvalue weighted by Crippen LogP contribution is -2.28. The van der Waals surface area contributed by atoms with Crippen LogP contribution in [0.25, 0.3) is 0 Å². The molecule has 0 amide bonds. The van der Waals surface area contributed by atoms with E-state index in [0.29, 0.717) is 0 Å². The molecule has 0 aliphatic carbocycles. The number of halogens is 4. The molecule has 22 heavy (non-hydrogen) atoms. The van der Waals surface area contributed by atoms with E-state index < -0.39 is 28.9 Å². The highest BCUT2D eigenvalue weighted by atomic mass is 35.5. The maximum atomic E-state index is 12.9. The monoisotopic (exact) mass is 329 g/mol. The Hall–Kier alpha value is -1.56. The molecule has 0 radical (unpaired) electrons. The molecule has 2 aromatic rings. The molecule has 0 saturated heterocycles. The van der Waals surface area contributed by atoms with Crippen LogP contribution < -0.4 is 5.73 Å². The van der Waals surface area contributed by atoms with Crippen LogP contribution >= 0.6 is 11.6 Å². The zero-order chi connectivity index (χ0) is 16.3. The summed E-state index contributed by atoms with van der Waals surface area (Å²) in [5.74, 6) is 0. The predicted octanol–water partition coefficient (Wildman–Crippen LogP) is 3.96. The molecule has 0 unspecified atom stereocenters. The summed E-state index contributed by atoms with van der Waals surface area (Å²) in [6.07, 6.45) is -5.37. The first-order valence-electron chi connectivity index (χ1n) is 6.64. The summed E-state index contributed by atoms with van der Waals surface area (Å²) in [6, 6.07) is 11.6. The fourth-order valence-corrected chi connectivity index (χ4v) is 2.58. The fraction of sp³-hybridized carbons (Fsp3) is 0.250. The van der Waals surface area contributed by atoms with Crippen molar-refractivity contribution >= 4 is 11.6 Å². The van der Waals surface area contributed by atoms with Crippen LogP contribution in [0.4, 0.5) is 13.2 Å². The Labute approximate surface area is 131 Å². The molecular formula is C16H15ClF3NO. The van der Waals surface area contributed by atoms with Crippen LogP contribution in [0.3, 0.4) is 0 Å². The van der Waals surface area contributed by atoms with Crippen LogP contribution in [-0.2, 0) is 12.6 Å². The molecule has 0 heterocycles. The van der Waals surface area contributed by atoms with E-state index in [2.05, 4.69) is 0 Å². The molecule has 2 nitrogen and oxygen atoms in total. The average Bonchev–Trinajstić information content (AvgIpc) is 2.46. The maximum Gasteiger partial charge on any atom is 0.417 e. The van der Waals surface area contributed by atoms with Gasteiger partial charge in [0.25, 0.3) is 0 Å². The summed E-state index contributed by atoms with van der Waals surface area (Å²) >= 11 is 5.82. The number of hydrogen-bond acceptors (Lipinski definition) is 2. The van der Waals surface area contributed by atoms with Crippen LogP contribution in [-0.4, -0.2) is 11.2 Å². The number of alkyl halides is 3. The first kappa shape index (κ1) is 16.8. The van der Waals surface area contributed by atoms with Gasteiger partial charge < -0.3 is 10.8 Å². The predicted molar refractivity (Wildman–Crippen MR) is 79.5 cm³/mol. The molecular weight excluding hydrogens is 315 g/mol. The highest BCUT2D eigenvalue weighted by Gasteiger charge is 2.35. The van der Waals surface area contributed by atoms with Gasteiger partial charge in [0.1, 0.15) is 0 Å². The van der Waals surface area contributed by atoms with Crippen molar-refractivity contribution in [3.63, 3.8) is 0 Å². The molecule has 6 heteroatoms. The van der Waals surface area contributed by atoms with Gasteiger partial charge in [-0.15, -0.1) is 0 Å². The Morgan fingerprint density at radius 3 is 2.27 bits per heavy atom. The minimum absolute atomic E-state index is 0.0833. The van der Waals surface area contributed by atoms with Gasteiger partial charge in [-0.1, -0.05) is 54.1 Å². The molecule has 0 aromatic heterocycles. The first-order chi connectivity index (χ1) is 10.3. The lowest BCUT2D eigenvalue weighted by Gasteiger charge is -2.22. The van der Waals surface area contributed by atoms with Gasteiger partial charge in [0.2, 0.25) is 0 Å². The lowest BCUT2D eigenvalue weighted by molar-refractivity contribution is -0.137. The van der Waals surface area contributed by atoms with Crippen molar-refractivity contribution in [3.05, 3.63) is 70.2 Å². The summed E-state index contributed by atoms with van der Waals surface area (Å²) in [4.78, 5) is 0. The molecule has 0 bridgehead atoms. The van der Waals surface area contributed by atoms with Gasteiger partial charge in [0, 0.05) is 6.42 Å². The Balaban J connectivity index is 2.24. The second kappa shape index (κ2) is 6.69. The van der Waals surface area contributed by atoms with Crippen LogP contribution in [0.15, 0.2) is 48.5 Å². The van der Waals surface area contributed by atoms with Gasteiger partial charge in [-0.25, -0.2) is 0 Å². The number of aliphatic hydroxyl groups is 1. The van der Waals surface area contributed by atoms with Crippen molar-refractivity contribution < 1.29 is 18.3 Å². The van der Waals surface area contributed by atoms with Gasteiger partial charge in [-0.05, 0) is 17.2 Å². The standard InChI is InChI=1S/C16H15ClF3NO/c17-14-11(7-4-8-12(14)16(18,19)20)15(21)13(22)9-10-5-2-1-3-6-10/h1-8,13,15,22H,9,21H2/t13-,15+/m0/s1. The highest BCUT2D eigenvalue weighted by molar-refractivity contribution is 6.32. The third kappa shape index (κ3) is 3.80. The Bertz CT molecular complexity index is 631. The van der Waals surface area contributed by atoms with Gasteiger partial charge in [0.15, 0.2) is 0 Å². The number of nitrogens with two attached hydrogens (primary N) is 1. The summed E-state index contributed by atoms with van der Waals surface area (Å²) < 4.78 is 38.6. The minimum atomic E-state index is -4.56. The van der Waals surface area contributed by atoms with E-state index in [1.54, 1.807) is 0 Å². The van der Waals surface area contributed by atoms with E-state index in [1.807, 2.05) is 30.3 Å². The smallest absolute Gasteiger partial charge is 0.391 e. The summed E-state index contributed by atoms with van der Waals surface area (Å²) in [7, 11) is 0. The SMILES string of the molecule is N[C@H](c1cccc(C(F)(F)F)c1Cl)[C@@H](O)Cc1ccccc1. The summed E-state index contributed by atoms with van der Waals surface area (Å²) in [5.41, 5.74) is 5.87. The molecule has 3 N–H and O–H groups in total. The van der Waals surface area contributed by atoms with E-state index in [4.69, 9.17) is 17.3 Å². The highest BCUT2D eigenvalue weighted by Crippen LogP contribution is 2.38. The van der Waals surface area contributed by atoms with Gasteiger partial charge in [-0.2, -0.15) is 13.2 Å². The Morgan fingerprint density at radius 1 is 1.05 bits per heavy atom. The van der Waals surface area contributed by atoms with Crippen molar-refractivity contribution in [3.8, 4) is 0 Å². The fourth-order valence-electron chi connectivity index (χ4n) is 2.22. The van der Waals surface area contributed by atoms with E-state index in [9.17, 15) is 18.3 Å². The van der Waals surface area contributed by atoms with E-state index in [0.717, 1.165) is 11.6 Å². The second-order valence-electron chi connectivity index (χ2n) is 4.99. The number of rotatable bonds is 4. The van der Waals surface area contributed by atoms with Gasteiger partial charge >= 0.3 is 6.18 Å². The molecule has 0 spiro atoms. The minimum Gasteiger partial charge on any atom is -0.391 e. The van der Waals surface area contributed by atoms with Crippen LogP contribution in [0.2, 0.25) is 5.02 Å². The molecule has 0 aliphatic heterocycles. The van der Waals surface area contributed by atoms with Crippen molar-refractivity contribution in [1.29, 1.82) is 0 Å². The van der Waals surface area contributed by atoms with E-state index in [1.165, 1.54) is 12.1 Å². The second-order valence-corrected chi connectivity index (χ2v) is 5.37. The van der Waals surface area contributed by atoms with Crippen LogP contribution in [0, 0.1) is 0 Å². The van der Waals surface area contributed by atoms with Crippen molar-refractivity contribution in [1.82, 2.24) is 0 Å². The van der Waals surface area contributed by atoms with E-state index >= 15 is 0 Å². The van der Waals surface area contributed by atoms with Crippen molar-refractivity contribution in [2.75, 3.05) is 0 Å². The van der Waals surface area contributed by atoms with Crippen molar-refractivity contribution in [2.45, 2.75) is 24.7 Å².